The van der Waals surface area contributed by atoms with Gasteiger partial charge < -0.3 is 19.6 Å². The van der Waals surface area contributed by atoms with Gasteiger partial charge in [0.15, 0.2) is 0 Å². The molecular formula is C25H36N4O2S. The number of aliphatic hydroxyl groups is 1. The third-order valence-corrected chi connectivity index (χ3v) is 8.47. The molecule has 1 saturated carbocycles. The monoisotopic (exact) mass is 456 g/mol. The molecule has 1 aliphatic carbocycles. The van der Waals surface area contributed by atoms with Crippen LogP contribution in [0.4, 0.5) is 5.13 Å². The second kappa shape index (κ2) is 8.92. The Hall–Kier alpha value is -1.70. The van der Waals surface area contributed by atoms with E-state index in [-0.39, 0.29) is 0 Å². The van der Waals surface area contributed by atoms with E-state index in [9.17, 15) is 5.11 Å². The molecule has 1 atom stereocenters. The first-order chi connectivity index (χ1) is 15.4. The summed E-state index contributed by atoms with van der Waals surface area (Å²) in [5.74, 6) is 1.57. The highest BCUT2D eigenvalue weighted by molar-refractivity contribution is 7.13. The van der Waals surface area contributed by atoms with E-state index in [1.165, 1.54) is 50.8 Å². The molecule has 2 aliphatic heterocycles. The largest absolute Gasteiger partial charge is 0.493 e. The highest BCUT2D eigenvalue weighted by Crippen LogP contribution is 2.49. The predicted molar refractivity (Wildman–Crippen MR) is 129 cm³/mol. The summed E-state index contributed by atoms with van der Waals surface area (Å²) < 4.78 is 6.10. The van der Waals surface area contributed by atoms with Gasteiger partial charge >= 0.3 is 0 Å². The van der Waals surface area contributed by atoms with Crippen LogP contribution >= 0.6 is 11.3 Å². The Balaban J connectivity index is 1.12. The molecule has 3 heterocycles. The highest BCUT2D eigenvalue weighted by atomic mass is 32.1. The van der Waals surface area contributed by atoms with Gasteiger partial charge in [-0.1, -0.05) is 29.5 Å². The molecular weight excluding hydrogens is 420 g/mol. The van der Waals surface area contributed by atoms with Gasteiger partial charge in [-0.3, -0.25) is 0 Å². The van der Waals surface area contributed by atoms with Crippen LogP contribution in [0, 0.1) is 5.41 Å². The smallest absolute Gasteiger partial charge is 0.208 e. The van der Waals surface area contributed by atoms with Crippen molar-refractivity contribution in [2.24, 2.45) is 5.41 Å². The number of piperidine rings is 1. The zero-order valence-corrected chi connectivity index (χ0v) is 20.2. The molecule has 174 valence electrons. The summed E-state index contributed by atoms with van der Waals surface area (Å²) in [6.45, 7) is 8.91. The van der Waals surface area contributed by atoms with Gasteiger partial charge in [-0.05, 0) is 76.6 Å². The molecule has 2 aromatic rings. The number of hydrogen-bond acceptors (Lipinski definition) is 7. The summed E-state index contributed by atoms with van der Waals surface area (Å²) in [5, 5.41) is 19.3. The van der Waals surface area contributed by atoms with Crippen LogP contribution in [-0.2, 0) is 0 Å². The van der Waals surface area contributed by atoms with Crippen molar-refractivity contribution in [2.45, 2.75) is 69.9 Å². The maximum atomic E-state index is 9.97. The minimum Gasteiger partial charge on any atom is -0.493 e. The Morgan fingerprint density at radius 1 is 1.19 bits per heavy atom. The van der Waals surface area contributed by atoms with E-state index in [4.69, 9.17) is 4.74 Å². The van der Waals surface area contributed by atoms with Gasteiger partial charge in [0.1, 0.15) is 11.3 Å². The zero-order chi connectivity index (χ0) is 22.2. The van der Waals surface area contributed by atoms with Crippen molar-refractivity contribution in [3.63, 3.8) is 0 Å². The van der Waals surface area contributed by atoms with Crippen molar-refractivity contribution >= 4 is 16.5 Å². The SMILES string of the molecule is CC(C)(O)CCOc1ccccc1C1CCN(C2CCC3(C2)CN(c2nncs2)C3)CC1. The maximum Gasteiger partial charge on any atom is 0.208 e. The zero-order valence-electron chi connectivity index (χ0n) is 19.4. The lowest BCUT2D eigenvalue weighted by molar-refractivity contribution is 0.0550. The number of para-hydroxylation sites is 1. The van der Waals surface area contributed by atoms with Gasteiger partial charge in [-0.15, -0.1) is 10.2 Å². The lowest BCUT2D eigenvalue weighted by Crippen LogP contribution is -2.56. The highest BCUT2D eigenvalue weighted by Gasteiger charge is 2.50. The van der Waals surface area contributed by atoms with Crippen LogP contribution in [0.1, 0.15) is 63.9 Å². The van der Waals surface area contributed by atoms with E-state index in [0.717, 1.165) is 30.0 Å². The van der Waals surface area contributed by atoms with Crippen LogP contribution in [0.25, 0.3) is 0 Å². The second-order valence-electron chi connectivity index (χ2n) is 10.7. The van der Waals surface area contributed by atoms with E-state index >= 15 is 0 Å². The number of aromatic nitrogens is 2. The van der Waals surface area contributed by atoms with Crippen molar-refractivity contribution in [3.05, 3.63) is 35.3 Å². The number of anilines is 1. The molecule has 1 spiro atoms. The lowest BCUT2D eigenvalue weighted by atomic mass is 9.78. The Bertz CT molecular complexity index is 884. The van der Waals surface area contributed by atoms with Gasteiger partial charge in [0, 0.05) is 31.0 Å². The van der Waals surface area contributed by atoms with Gasteiger partial charge in [0.2, 0.25) is 5.13 Å². The normalized spacial score (nSPS) is 24.1. The van der Waals surface area contributed by atoms with Crippen molar-refractivity contribution in [1.82, 2.24) is 15.1 Å². The van der Waals surface area contributed by atoms with E-state index in [1.54, 1.807) is 11.3 Å². The van der Waals surface area contributed by atoms with Crippen LogP contribution in [0.5, 0.6) is 5.75 Å². The fourth-order valence-corrected chi connectivity index (χ4v) is 6.48. The predicted octanol–water partition coefficient (Wildman–Crippen LogP) is 4.32. The fraction of sp³-hybridized carbons (Fsp3) is 0.680. The first kappa shape index (κ1) is 22.1. The average Bonchev–Trinajstić information content (AvgIpc) is 3.43. The molecule has 2 saturated heterocycles. The Morgan fingerprint density at radius 2 is 1.97 bits per heavy atom. The summed E-state index contributed by atoms with van der Waals surface area (Å²) >= 11 is 1.65. The molecule has 0 amide bonds. The molecule has 1 N–H and O–H groups in total. The molecule has 1 unspecified atom stereocenters. The molecule has 32 heavy (non-hydrogen) atoms. The molecule has 0 radical (unpaired) electrons. The summed E-state index contributed by atoms with van der Waals surface area (Å²) in [6, 6.07) is 9.25. The lowest BCUT2D eigenvalue weighted by Gasteiger charge is -2.48. The van der Waals surface area contributed by atoms with Gasteiger partial charge in [0.05, 0.1) is 12.2 Å². The van der Waals surface area contributed by atoms with Crippen LogP contribution in [0.3, 0.4) is 0 Å². The van der Waals surface area contributed by atoms with Crippen LogP contribution in [-0.4, -0.2) is 64.6 Å². The summed E-state index contributed by atoms with van der Waals surface area (Å²) in [4.78, 5) is 5.16. The Kier molecular flexibility index (Phi) is 6.16. The Morgan fingerprint density at radius 3 is 2.69 bits per heavy atom. The summed E-state index contributed by atoms with van der Waals surface area (Å²) in [5.41, 5.74) is 3.00. The maximum absolute atomic E-state index is 9.97. The minimum atomic E-state index is -0.687. The number of rotatable bonds is 7. The molecule has 0 bridgehead atoms. The first-order valence-electron chi connectivity index (χ1n) is 12.1. The van der Waals surface area contributed by atoms with E-state index < -0.39 is 5.60 Å². The summed E-state index contributed by atoms with van der Waals surface area (Å²) in [7, 11) is 0. The Labute approximate surface area is 195 Å². The molecule has 3 aliphatic rings. The summed E-state index contributed by atoms with van der Waals surface area (Å²) in [6.07, 6.45) is 7.07. The quantitative estimate of drug-likeness (QED) is 0.670. The van der Waals surface area contributed by atoms with Gasteiger partial charge in [-0.25, -0.2) is 0 Å². The molecule has 1 aromatic carbocycles. The number of nitrogens with zero attached hydrogens (tertiary/aromatic N) is 4. The van der Waals surface area contributed by atoms with Crippen LogP contribution in [0.15, 0.2) is 29.8 Å². The van der Waals surface area contributed by atoms with E-state index in [0.29, 0.717) is 24.4 Å². The van der Waals surface area contributed by atoms with Gasteiger partial charge in [0.25, 0.3) is 0 Å². The fourth-order valence-electron chi connectivity index (χ4n) is 5.91. The van der Waals surface area contributed by atoms with Crippen molar-refractivity contribution in [2.75, 3.05) is 37.7 Å². The van der Waals surface area contributed by atoms with Gasteiger partial charge in [-0.2, -0.15) is 0 Å². The standard InChI is InChI=1S/C25H36N4O2S/c1-24(2,30)11-14-31-22-6-4-3-5-21(22)19-8-12-28(13-9-19)20-7-10-25(15-20)16-29(17-25)23-27-26-18-32-23/h3-6,18-20,30H,7-17H2,1-2H3. The number of ether oxygens (including phenoxy) is 1. The minimum absolute atomic E-state index is 0.508. The topological polar surface area (TPSA) is 61.7 Å². The third-order valence-electron chi connectivity index (χ3n) is 7.72. The van der Waals surface area contributed by atoms with E-state index in [2.05, 4.69) is 44.3 Å². The van der Waals surface area contributed by atoms with E-state index in [1.807, 2.05) is 19.4 Å². The molecule has 3 fully saturated rings. The molecule has 6 nitrogen and oxygen atoms in total. The molecule has 1 aromatic heterocycles. The second-order valence-corrected chi connectivity index (χ2v) is 11.5. The number of likely N-dealkylation sites (tertiary alicyclic amines) is 1. The number of hydrogen-bond donors (Lipinski definition) is 1. The van der Waals surface area contributed by atoms with Crippen molar-refractivity contribution in [3.8, 4) is 5.75 Å². The molecule has 5 rings (SSSR count). The number of benzene rings is 1. The van der Waals surface area contributed by atoms with Crippen LogP contribution < -0.4 is 9.64 Å². The van der Waals surface area contributed by atoms with Crippen LogP contribution in [0.2, 0.25) is 0 Å². The van der Waals surface area contributed by atoms with Crippen molar-refractivity contribution < 1.29 is 9.84 Å². The third kappa shape index (κ3) is 4.80. The molecule has 7 heteroatoms. The first-order valence-corrected chi connectivity index (χ1v) is 13.0. The van der Waals surface area contributed by atoms with Crippen molar-refractivity contribution in [1.29, 1.82) is 0 Å². The average molecular weight is 457 g/mol.